The maximum Gasteiger partial charge on any atom is 0.412 e. The summed E-state index contributed by atoms with van der Waals surface area (Å²) >= 11 is 0. The van der Waals surface area contributed by atoms with Crippen LogP contribution in [-0.4, -0.2) is 23.2 Å². The molecule has 17 heavy (non-hydrogen) atoms. The van der Waals surface area contributed by atoms with Crippen molar-refractivity contribution >= 4 is 11.8 Å². The molecule has 94 valence electrons. The van der Waals surface area contributed by atoms with Gasteiger partial charge in [0.1, 0.15) is 5.60 Å². The summed E-state index contributed by atoms with van der Waals surface area (Å²) in [7, 11) is 0. The molecule has 0 radical (unpaired) electrons. The summed E-state index contributed by atoms with van der Waals surface area (Å²) in [5.41, 5.74) is 6.43. The van der Waals surface area contributed by atoms with Crippen molar-refractivity contribution in [2.45, 2.75) is 32.8 Å². The Labute approximate surface area is 101 Å². The lowest BCUT2D eigenvalue weighted by Crippen LogP contribution is -2.27. The van der Waals surface area contributed by atoms with Gasteiger partial charge in [0.2, 0.25) is 0 Å². The lowest BCUT2D eigenvalue weighted by Gasteiger charge is -2.19. The molecule has 0 unspecified atom stereocenters. The van der Waals surface area contributed by atoms with Crippen LogP contribution in [0.2, 0.25) is 0 Å². The highest BCUT2D eigenvalue weighted by atomic mass is 16.6. The fourth-order valence-electron chi connectivity index (χ4n) is 1.22. The van der Waals surface area contributed by atoms with Crippen LogP contribution in [0.4, 0.5) is 10.5 Å². The molecule has 0 aliphatic rings. The molecule has 1 rings (SSSR count). The zero-order valence-electron chi connectivity index (χ0n) is 10.5. The van der Waals surface area contributed by atoms with E-state index in [1.807, 2.05) is 26.8 Å². The minimum Gasteiger partial charge on any atom is -0.444 e. The predicted molar refractivity (Wildman–Crippen MR) is 66.9 cm³/mol. The number of ether oxygens (including phenoxy) is 1. The van der Waals surface area contributed by atoms with Crippen molar-refractivity contribution in [1.29, 1.82) is 0 Å². The first-order valence-electron chi connectivity index (χ1n) is 5.56. The second-order valence-electron chi connectivity index (χ2n) is 4.70. The van der Waals surface area contributed by atoms with Crippen molar-refractivity contribution < 1.29 is 9.53 Å². The van der Waals surface area contributed by atoms with Gasteiger partial charge in [-0.25, -0.2) is 4.79 Å². The van der Waals surface area contributed by atoms with Gasteiger partial charge in [0, 0.05) is 12.1 Å². The number of pyridine rings is 1. The van der Waals surface area contributed by atoms with Crippen LogP contribution >= 0.6 is 0 Å². The Morgan fingerprint density at radius 1 is 1.47 bits per heavy atom. The Balaban J connectivity index is 2.54. The van der Waals surface area contributed by atoms with Crippen molar-refractivity contribution in [1.82, 2.24) is 4.98 Å². The summed E-state index contributed by atoms with van der Waals surface area (Å²) in [6.45, 7) is 6.01. The van der Waals surface area contributed by atoms with Gasteiger partial charge in [-0.3, -0.25) is 10.3 Å². The van der Waals surface area contributed by atoms with Gasteiger partial charge in [-0.15, -0.1) is 0 Å². The average Bonchev–Trinajstić information content (AvgIpc) is 2.18. The van der Waals surface area contributed by atoms with E-state index in [1.54, 1.807) is 12.3 Å². The topological polar surface area (TPSA) is 77.2 Å². The molecular formula is C12H19N3O2. The smallest absolute Gasteiger partial charge is 0.412 e. The van der Waals surface area contributed by atoms with Gasteiger partial charge in [-0.2, -0.15) is 0 Å². The molecule has 0 saturated carbocycles. The van der Waals surface area contributed by atoms with Crippen molar-refractivity contribution in [3.05, 3.63) is 24.0 Å². The molecule has 0 fully saturated rings. The highest BCUT2D eigenvalue weighted by Crippen LogP contribution is 2.11. The van der Waals surface area contributed by atoms with Gasteiger partial charge in [-0.1, -0.05) is 0 Å². The van der Waals surface area contributed by atoms with E-state index in [4.69, 9.17) is 10.5 Å². The third-order valence-electron chi connectivity index (χ3n) is 1.87. The minimum atomic E-state index is -0.503. The molecule has 0 aliphatic heterocycles. The SMILES string of the molecule is CC(C)(C)OC(=O)Nc1ccc(CCN)nc1. The van der Waals surface area contributed by atoms with E-state index in [0.717, 1.165) is 12.1 Å². The molecule has 0 aliphatic carbocycles. The summed E-state index contributed by atoms with van der Waals surface area (Å²) < 4.78 is 5.12. The van der Waals surface area contributed by atoms with E-state index in [1.165, 1.54) is 0 Å². The lowest BCUT2D eigenvalue weighted by molar-refractivity contribution is 0.0636. The van der Waals surface area contributed by atoms with E-state index >= 15 is 0 Å². The van der Waals surface area contributed by atoms with Crippen LogP contribution in [0, 0.1) is 0 Å². The van der Waals surface area contributed by atoms with Crippen LogP contribution in [0.15, 0.2) is 18.3 Å². The fourth-order valence-corrected chi connectivity index (χ4v) is 1.22. The van der Waals surface area contributed by atoms with Gasteiger partial charge < -0.3 is 10.5 Å². The Morgan fingerprint density at radius 3 is 2.65 bits per heavy atom. The number of carbonyl (C=O) groups excluding carboxylic acids is 1. The first-order valence-corrected chi connectivity index (χ1v) is 5.56. The first-order chi connectivity index (χ1) is 7.90. The van der Waals surface area contributed by atoms with Crippen LogP contribution in [0.3, 0.4) is 0 Å². The van der Waals surface area contributed by atoms with Gasteiger partial charge in [-0.05, 0) is 39.4 Å². The summed E-state index contributed by atoms with van der Waals surface area (Å²) in [5.74, 6) is 0. The van der Waals surface area contributed by atoms with Crippen LogP contribution in [0.1, 0.15) is 26.5 Å². The minimum absolute atomic E-state index is 0.481. The van der Waals surface area contributed by atoms with Gasteiger partial charge in [0.25, 0.3) is 0 Å². The molecule has 0 bridgehead atoms. The van der Waals surface area contributed by atoms with Crippen molar-refractivity contribution in [3.8, 4) is 0 Å². The number of nitrogens with one attached hydrogen (secondary N) is 1. The molecule has 1 aromatic rings. The van der Waals surface area contributed by atoms with Crippen molar-refractivity contribution in [3.63, 3.8) is 0 Å². The number of rotatable bonds is 3. The number of anilines is 1. The number of nitrogens with zero attached hydrogens (tertiary/aromatic N) is 1. The molecule has 1 aromatic heterocycles. The quantitative estimate of drug-likeness (QED) is 0.842. The van der Waals surface area contributed by atoms with Gasteiger partial charge >= 0.3 is 6.09 Å². The molecule has 0 atom stereocenters. The Hall–Kier alpha value is -1.62. The van der Waals surface area contributed by atoms with Gasteiger partial charge in [0.05, 0.1) is 11.9 Å². The van der Waals surface area contributed by atoms with Crippen molar-refractivity contribution in [2.75, 3.05) is 11.9 Å². The molecule has 0 spiro atoms. The monoisotopic (exact) mass is 237 g/mol. The molecule has 5 nitrogen and oxygen atoms in total. The number of hydrogen-bond donors (Lipinski definition) is 2. The summed E-state index contributed by atoms with van der Waals surface area (Å²) in [6, 6.07) is 3.61. The molecule has 0 aromatic carbocycles. The van der Waals surface area contributed by atoms with Crippen molar-refractivity contribution in [2.24, 2.45) is 5.73 Å². The zero-order chi connectivity index (χ0) is 12.9. The summed E-state index contributed by atoms with van der Waals surface area (Å²) in [6.07, 6.45) is 1.84. The fraction of sp³-hybridized carbons (Fsp3) is 0.500. The second kappa shape index (κ2) is 5.63. The maximum atomic E-state index is 11.5. The van der Waals surface area contributed by atoms with E-state index in [2.05, 4.69) is 10.3 Å². The molecule has 5 heteroatoms. The van der Waals surface area contributed by atoms with Crippen LogP contribution in [0.25, 0.3) is 0 Å². The largest absolute Gasteiger partial charge is 0.444 e. The predicted octanol–water partition coefficient (Wildman–Crippen LogP) is 1.93. The van der Waals surface area contributed by atoms with E-state index in [9.17, 15) is 4.79 Å². The number of hydrogen-bond acceptors (Lipinski definition) is 4. The molecule has 1 heterocycles. The molecule has 1 amide bonds. The highest BCUT2D eigenvalue weighted by Gasteiger charge is 2.16. The maximum absolute atomic E-state index is 11.5. The third-order valence-corrected chi connectivity index (χ3v) is 1.87. The normalized spacial score (nSPS) is 11.1. The van der Waals surface area contributed by atoms with Crippen LogP contribution < -0.4 is 11.1 Å². The molecule has 3 N–H and O–H groups in total. The lowest BCUT2D eigenvalue weighted by atomic mass is 10.2. The second-order valence-corrected chi connectivity index (χ2v) is 4.70. The zero-order valence-corrected chi connectivity index (χ0v) is 10.5. The Kier molecular flexibility index (Phi) is 4.45. The van der Waals surface area contributed by atoms with E-state index < -0.39 is 11.7 Å². The third kappa shape index (κ3) is 5.31. The van der Waals surface area contributed by atoms with E-state index in [-0.39, 0.29) is 0 Å². The van der Waals surface area contributed by atoms with Crippen LogP contribution in [-0.2, 0) is 11.2 Å². The first kappa shape index (κ1) is 13.4. The Morgan fingerprint density at radius 2 is 2.18 bits per heavy atom. The average molecular weight is 237 g/mol. The standard InChI is InChI=1S/C12H19N3O2/c1-12(2,3)17-11(16)15-10-5-4-9(6-7-13)14-8-10/h4-5,8H,6-7,13H2,1-3H3,(H,15,16). The number of nitrogens with two attached hydrogens (primary N) is 1. The van der Waals surface area contributed by atoms with E-state index in [0.29, 0.717) is 12.2 Å². The number of amides is 1. The Bertz CT molecular complexity index is 368. The molecule has 0 saturated heterocycles. The summed E-state index contributed by atoms with van der Waals surface area (Å²) in [4.78, 5) is 15.6. The summed E-state index contributed by atoms with van der Waals surface area (Å²) in [5, 5.41) is 2.61. The number of carbonyl (C=O) groups is 1. The van der Waals surface area contributed by atoms with Crippen LogP contribution in [0.5, 0.6) is 0 Å². The van der Waals surface area contributed by atoms with Gasteiger partial charge in [0.15, 0.2) is 0 Å². The highest BCUT2D eigenvalue weighted by molar-refractivity contribution is 5.84. The number of aromatic nitrogens is 1. The molecular weight excluding hydrogens is 218 g/mol.